The molecule has 0 spiro atoms. The lowest BCUT2D eigenvalue weighted by Crippen LogP contribution is -2.26. The molecule has 35 heavy (non-hydrogen) atoms. The maximum absolute atomic E-state index is 14.1. The highest BCUT2D eigenvalue weighted by molar-refractivity contribution is 9.10. The predicted octanol–water partition coefficient (Wildman–Crippen LogP) is 5.36. The van der Waals surface area contributed by atoms with Gasteiger partial charge in [-0.3, -0.25) is 14.2 Å². The average molecular weight is 549 g/mol. The summed E-state index contributed by atoms with van der Waals surface area (Å²) in [5.41, 5.74) is 1.92. The van der Waals surface area contributed by atoms with Crippen LogP contribution in [0.2, 0.25) is 5.02 Å². The largest absolute Gasteiger partial charge is 0.343 e. The third-order valence-corrected chi connectivity index (χ3v) is 6.28. The quantitative estimate of drug-likeness (QED) is 0.303. The molecule has 0 radical (unpaired) electrons. The number of halogens is 2. The van der Waals surface area contributed by atoms with E-state index in [9.17, 15) is 9.59 Å². The van der Waals surface area contributed by atoms with Gasteiger partial charge in [-0.2, -0.15) is 5.10 Å². The minimum absolute atomic E-state index is 0.0384. The van der Waals surface area contributed by atoms with E-state index in [1.165, 1.54) is 9.47 Å². The van der Waals surface area contributed by atoms with Crippen LogP contribution in [-0.2, 0) is 0 Å². The number of benzene rings is 3. The van der Waals surface area contributed by atoms with Crippen molar-refractivity contribution in [1.82, 2.24) is 24.2 Å². The fourth-order valence-electron chi connectivity index (χ4n) is 3.80. The molecule has 0 aliphatic carbocycles. The lowest BCUT2D eigenvalue weighted by Gasteiger charge is -2.14. The fraction of sp³-hybridized carbons (Fsp3) is 0.0769. The highest BCUT2D eigenvalue weighted by atomic mass is 79.9. The van der Waals surface area contributed by atoms with Crippen LogP contribution in [0.3, 0.4) is 0 Å². The smallest absolute Gasteiger partial charge is 0.274 e. The van der Waals surface area contributed by atoms with Gasteiger partial charge in [-0.25, -0.2) is 9.67 Å². The Bertz CT molecular complexity index is 1610. The SMILES string of the molecule is CN(C)C(=O)c1nn(-c2ccccc2)c2nc(-c3ccc(Br)cc3)n(-c3ccc(Cl)cc3)c(=O)c12. The Morgan fingerprint density at radius 1 is 0.914 bits per heavy atom. The minimum Gasteiger partial charge on any atom is -0.343 e. The number of hydrogen-bond donors (Lipinski definition) is 0. The van der Waals surface area contributed by atoms with Crippen molar-refractivity contribution in [2.75, 3.05) is 14.1 Å². The first-order valence-electron chi connectivity index (χ1n) is 10.7. The van der Waals surface area contributed by atoms with E-state index in [4.69, 9.17) is 16.6 Å². The second kappa shape index (κ2) is 9.13. The molecule has 0 aliphatic rings. The lowest BCUT2D eigenvalue weighted by molar-refractivity contribution is 0.0823. The normalized spacial score (nSPS) is 11.1. The van der Waals surface area contributed by atoms with Crippen LogP contribution in [-0.4, -0.2) is 44.2 Å². The van der Waals surface area contributed by atoms with E-state index >= 15 is 0 Å². The van der Waals surface area contributed by atoms with Gasteiger partial charge in [0.25, 0.3) is 11.5 Å². The van der Waals surface area contributed by atoms with Crippen LogP contribution in [0.15, 0.2) is 88.1 Å². The van der Waals surface area contributed by atoms with Gasteiger partial charge in [0.05, 0.1) is 11.4 Å². The summed E-state index contributed by atoms with van der Waals surface area (Å²) in [4.78, 5) is 33.5. The fourth-order valence-corrected chi connectivity index (χ4v) is 4.19. The van der Waals surface area contributed by atoms with Crippen molar-refractivity contribution in [3.05, 3.63) is 104 Å². The van der Waals surface area contributed by atoms with E-state index in [2.05, 4.69) is 21.0 Å². The van der Waals surface area contributed by atoms with Crippen LogP contribution in [0.5, 0.6) is 0 Å². The number of carbonyl (C=O) groups is 1. The molecular formula is C26H19BrClN5O2. The second-order valence-corrected chi connectivity index (χ2v) is 9.41. The van der Waals surface area contributed by atoms with Crippen LogP contribution in [0.1, 0.15) is 10.5 Å². The molecule has 2 aromatic heterocycles. The Balaban J connectivity index is 1.93. The van der Waals surface area contributed by atoms with Crippen LogP contribution in [0, 0.1) is 0 Å². The number of amides is 1. The number of hydrogen-bond acceptors (Lipinski definition) is 4. The van der Waals surface area contributed by atoms with E-state index < -0.39 is 5.56 Å². The number of para-hydroxylation sites is 1. The molecule has 174 valence electrons. The van der Waals surface area contributed by atoms with Crippen molar-refractivity contribution in [2.24, 2.45) is 0 Å². The number of nitrogens with zero attached hydrogens (tertiary/aromatic N) is 5. The van der Waals surface area contributed by atoms with Crippen LogP contribution < -0.4 is 5.56 Å². The van der Waals surface area contributed by atoms with E-state index in [-0.39, 0.29) is 17.0 Å². The Labute approximate surface area is 214 Å². The second-order valence-electron chi connectivity index (χ2n) is 8.05. The first-order valence-corrected chi connectivity index (χ1v) is 11.9. The van der Waals surface area contributed by atoms with Crippen molar-refractivity contribution in [3.8, 4) is 22.8 Å². The zero-order chi connectivity index (χ0) is 24.7. The molecule has 2 heterocycles. The molecule has 0 atom stereocenters. The molecule has 5 aromatic rings. The summed E-state index contributed by atoms with van der Waals surface area (Å²) in [6.07, 6.45) is 0. The van der Waals surface area contributed by atoms with Gasteiger partial charge in [0, 0.05) is 29.2 Å². The van der Waals surface area contributed by atoms with Gasteiger partial charge in [0.15, 0.2) is 11.3 Å². The maximum Gasteiger partial charge on any atom is 0.274 e. The zero-order valence-electron chi connectivity index (χ0n) is 18.8. The van der Waals surface area contributed by atoms with E-state index in [1.54, 1.807) is 43.0 Å². The van der Waals surface area contributed by atoms with Crippen molar-refractivity contribution >= 4 is 44.5 Å². The molecule has 0 bridgehead atoms. The number of rotatable bonds is 4. The minimum atomic E-state index is -0.400. The molecule has 1 amide bonds. The molecule has 0 fully saturated rings. The van der Waals surface area contributed by atoms with Gasteiger partial charge in [-0.15, -0.1) is 0 Å². The molecule has 7 nitrogen and oxygen atoms in total. The van der Waals surface area contributed by atoms with Gasteiger partial charge in [-0.05, 0) is 48.5 Å². The van der Waals surface area contributed by atoms with Crippen LogP contribution in [0.25, 0.3) is 33.8 Å². The molecule has 3 aromatic carbocycles. The Hall–Kier alpha value is -3.75. The summed E-state index contributed by atoms with van der Waals surface area (Å²) in [7, 11) is 3.24. The first kappa shape index (κ1) is 23.0. The summed E-state index contributed by atoms with van der Waals surface area (Å²) in [6, 6.07) is 23.7. The number of aromatic nitrogens is 4. The summed E-state index contributed by atoms with van der Waals surface area (Å²) >= 11 is 9.57. The zero-order valence-corrected chi connectivity index (χ0v) is 21.2. The number of fused-ring (bicyclic) bond motifs is 1. The van der Waals surface area contributed by atoms with Crippen LogP contribution >= 0.6 is 27.5 Å². The Morgan fingerprint density at radius 3 is 2.20 bits per heavy atom. The third kappa shape index (κ3) is 4.15. The molecule has 0 saturated heterocycles. The highest BCUT2D eigenvalue weighted by Crippen LogP contribution is 2.27. The average Bonchev–Trinajstić information content (AvgIpc) is 3.25. The van der Waals surface area contributed by atoms with Crippen LogP contribution in [0.4, 0.5) is 0 Å². The molecular weight excluding hydrogens is 530 g/mol. The third-order valence-electron chi connectivity index (χ3n) is 5.50. The van der Waals surface area contributed by atoms with Gasteiger partial charge in [0.2, 0.25) is 0 Å². The molecule has 9 heteroatoms. The molecule has 0 aliphatic heterocycles. The van der Waals surface area contributed by atoms with Crippen molar-refractivity contribution in [2.45, 2.75) is 0 Å². The van der Waals surface area contributed by atoms with Crippen molar-refractivity contribution in [1.29, 1.82) is 0 Å². The van der Waals surface area contributed by atoms with Gasteiger partial charge < -0.3 is 4.90 Å². The molecule has 0 unspecified atom stereocenters. The van der Waals surface area contributed by atoms with E-state index in [0.29, 0.717) is 27.9 Å². The van der Waals surface area contributed by atoms with E-state index in [0.717, 1.165) is 10.0 Å². The lowest BCUT2D eigenvalue weighted by atomic mass is 10.1. The highest BCUT2D eigenvalue weighted by Gasteiger charge is 2.26. The van der Waals surface area contributed by atoms with E-state index in [1.807, 2.05) is 54.6 Å². The molecule has 0 N–H and O–H groups in total. The van der Waals surface area contributed by atoms with Crippen molar-refractivity contribution in [3.63, 3.8) is 0 Å². The Kier molecular flexibility index (Phi) is 6.00. The monoisotopic (exact) mass is 547 g/mol. The Morgan fingerprint density at radius 2 is 1.57 bits per heavy atom. The topological polar surface area (TPSA) is 73.0 Å². The number of carbonyl (C=O) groups excluding carboxylic acids is 1. The molecule has 0 saturated carbocycles. The van der Waals surface area contributed by atoms with Gasteiger partial charge >= 0.3 is 0 Å². The summed E-state index contributed by atoms with van der Waals surface area (Å²) < 4.78 is 3.93. The van der Waals surface area contributed by atoms with Gasteiger partial charge in [-0.1, -0.05) is 57.9 Å². The summed E-state index contributed by atoms with van der Waals surface area (Å²) in [5.74, 6) is 0.0286. The van der Waals surface area contributed by atoms with Crippen molar-refractivity contribution < 1.29 is 4.79 Å². The summed E-state index contributed by atoms with van der Waals surface area (Å²) in [5, 5.41) is 5.25. The summed E-state index contributed by atoms with van der Waals surface area (Å²) in [6.45, 7) is 0. The van der Waals surface area contributed by atoms with Gasteiger partial charge in [0.1, 0.15) is 11.2 Å². The first-order chi connectivity index (χ1) is 16.8. The predicted molar refractivity (Wildman–Crippen MR) is 141 cm³/mol. The molecule has 5 rings (SSSR count). The maximum atomic E-state index is 14.1. The standard InChI is InChI=1S/C26H19BrClN5O2/c1-31(2)26(35)22-21-24(33(30-22)20-6-4-3-5-7-20)29-23(16-8-10-17(27)11-9-16)32(25(21)34)19-14-12-18(28)13-15-19/h3-15H,1-2H3.